The summed E-state index contributed by atoms with van der Waals surface area (Å²) in [5, 5.41) is 2.25. The Balaban J connectivity index is 0.000000261. The SMILES string of the molecule is CC1CCN(C)CC1.CNC=O. The molecule has 0 aliphatic carbocycles. The van der Waals surface area contributed by atoms with Crippen molar-refractivity contribution >= 4 is 6.41 Å². The molecule has 1 fully saturated rings. The largest absolute Gasteiger partial charge is 0.362 e. The highest BCUT2D eigenvalue weighted by molar-refractivity contribution is 5.44. The Morgan fingerprint density at radius 3 is 2.08 bits per heavy atom. The summed E-state index contributed by atoms with van der Waals surface area (Å²) in [6.07, 6.45) is 3.42. The molecule has 1 aliphatic rings. The van der Waals surface area contributed by atoms with Gasteiger partial charge in [-0.2, -0.15) is 0 Å². The molecular weight excluding hydrogens is 152 g/mol. The number of rotatable bonds is 1. The van der Waals surface area contributed by atoms with Gasteiger partial charge in [-0.05, 0) is 38.9 Å². The molecule has 1 saturated heterocycles. The van der Waals surface area contributed by atoms with Crippen LogP contribution in [0.3, 0.4) is 0 Å². The maximum atomic E-state index is 9.06. The molecule has 3 heteroatoms. The van der Waals surface area contributed by atoms with Gasteiger partial charge < -0.3 is 10.2 Å². The highest BCUT2D eigenvalue weighted by Crippen LogP contribution is 2.13. The van der Waals surface area contributed by atoms with E-state index in [9.17, 15) is 0 Å². The first-order valence-electron chi connectivity index (χ1n) is 4.50. The summed E-state index contributed by atoms with van der Waals surface area (Å²) in [4.78, 5) is 11.5. The van der Waals surface area contributed by atoms with Crippen molar-refractivity contribution in [2.45, 2.75) is 19.8 Å². The van der Waals surface area contributed by atoms with Crippen molar-refractivity contribution in [3.63, 3.8) is 0 Å². The van der Waals surface area contributed by atoms with Crippen LogP contribution in [0, 0.1) is 5.92 Å². The number of likely N-dealkylation sites (tertiary alicyclic amines) is 1. The summed E-state index contributed by atoms with van der Waals surface area (Å²) in [6, 6.07) is 0. The highest BCUT2D eigenvalue weighted by Gasteiger charge is 2.10. The molecule has 0 bridgehead atoms. The molecule has 1 heterocycles. The number of hydrogen-bond donors (Lipinski definition) is 1. The Hall–Kier alpha value is -0.570. The van der Waals surface area contributed by atoms with Gasteiger partial charge in [0.25, 0.3) is 0 Å². The van der Waals surface area contributed by atoms with E-state index >= 15 is 0 Å². The molecule has 0 aromatic rings. The van der Waals surface area contributed by atoms with Crippen molar-refractivity contribution in [2.24, 2.45) is 5.92 Å². The summed E-state index contributed by atoms with van der Waals surface area (Å²) in [5.74, 6) is 0.978. The summed E-state index contributed by atoms with van der Waals surface area (Å²) in [6.45, 7) is 4.95. The number of nitrogens with one attached hydrogen (secondary N) is 1. The van der Waals surface area contributed by atoms with Crippen LogP contribution in [0.1, 0.15) is 19.8 Å². The summed E-state index contributed by atoms with van der Waals surface area (Å²) in [7, 11) is 3.76. The third-order valence-corrected chi connectivity index (χ3v) is 2.13. The quantitative estimate of drug-likeness (QED) is 0.591. The minimum Gasteiger partial charge on any atom is -0.362 e. The van der Waals surface area contributed by atoms with Crippen LogP contribution < -0.4 is 5.32 Å². The van der Waals surface area contributed by atoms with E-state index in [-0.39, 0.29) is 0 Å². The molecule has 72 valence electrons. The monoisotopic (exact) mass is 172 g/mol. The second kappa shape index (κ2) is 7.10. The second-order valence-corrected chi connectivity index (χ2v) is 3.39. The average molecular weight is 172 g/mol. The van der Waals surface area contributed by atoms with Crippen LogP contribution in [0.15, 0.2) is 0 Å². The van der Waals surface area contributed by atoms with Crippen LogP contribution in [-0.4, -0.2) is 38.5 Å². The summed E-state index contributed by atoms with van der Waals surface area (Å²) < 4.78 is 0. The first-order chi connectivity index (χ1) is 5.70. The number of piperidine rings is 1. The Kier molecular flexibility index (Phi) is 6.76. The Morgan fingerprint density at radius 1 is 1.42 bits per heavy atom. The molecule has 12 heavy (non-hydrogen) atoms. The van der Waals surface area contributed by atoms with Gasteiger partial charge >= 0.3 is 0 Å². The van der Waals surface area contributed by atoms with Gasteiger partial charge in [0.15, 0.2) is 0 Å². The molecule has 0 unspecified atom stereocenters. The van der Waals surface area contributed by atoms with Crippen molar-refractivity contribution in [1.29, 1.82) is 0 Å². The van der Waals surface area contributed by atoms with E-state index in [1.807, 2.05) is 0 Å². The van der Waals surface area contributed by atoms with Crippen molar-refractivity contribution in [1.82, 2.24) is 10.2 Å². The van der Waals surface area contributed by atoms with E-state index in [4.69, 9.17) is 4.79 Å². The van der Waals surface area contributed by atoms with Crippen molar-refractivity contribution in [2.75, 3.05) is 27.2 Å². The van der Waals surface area contributed by atoms with Gasteiger partial charge in [0, 0.05) is 7.05 Å². The number of nitrogens with zero attached hydrogens (tertiary/aromatic N) is 1. The number of hydrogen-bond acceptors (Lipinski definition) is 2. The molecule has 1 rings (SSSR count). The van der Waals surface area contributed by atoms with Gasteiger partial charge in [-0.1, -0.05) is 6.92 Å². The standard InChI is InChI=1S/C7H15N.C2H5NO/c1-7-3-5-8(2)6-4-7;1-3-2-4/h7H,3-6H2,1-2H3;2H,1H3,(H,3,4). The zero-order chi connectivity index (χ0) is 9.40. The highest BCUT2D eigenvalue weighted by atomic mass is 16.1. The van der Waals surface area contributed by atoms with E-state index in [0.717, 1.165) is 5.92 Å². The average Bonchev–Trinajstić information content (AvgIpc) is 2.11. The molecule has 3 nitrogen and oxygen atoms in total. The number of carbonyl (C=O) groups is 1. The van der Waals surface area contributed by atoms with Gasteiger partial charge in [-0.15, -0.1) is 0 Å². The van der Waals surface area contributed by atoms with Crippen molar-refractivity contribution in [3.05, 3.63) is 0 Å². The summed E-state index contributed by atoms with van der Waals surface area (Å²) in [5.41, 5.74) is 0. The zero-order valence-electron chi connectivity index (χ0n) is 8.34. The lowest BCUT2D eigenvalue weighted by molar-refractivity contribution is -0.109. The number of carbonyl (C=O) groups excluding carboxylic acids is 1. The molecule has 0 aromatic heterocycles. The third-order valence-electron chi connectivity index (χ3n) is 2.13. The summed E-state index contributed by atoms with van der Waals surface area (Å²) >= 11 is 0. The van der Waals surface area contributed by atoms with Gasteiger partial charge in [0.2, 0.25) is 6.41 Å². The van der Waals surface area contributed by atoms with Gasteiger partial charge in [-0.25, -0.2) is 0 Å². The first kappa shape index (κ1) is 11.4. The lowest BCUT2D eigenvalue weighted by Crippen LogP contribution is -2.28. The van der Waals surface area contributed by atoms with Crippen molar-refractivity contribution in [3.8, 4) is 0 Å². The molecule has 1 aliphatic heterocycles. The third kappa shape index (κ3) is 6.16. The first-order valence-corrected chi connectivity index (χ1v) is 4.50. The molecule has 0 atom stereocenters. The Bertz CT molecular complexity index is 99.1. The smallest absolute Gasteiger partial charge is 0.206 e. The maximum absolute atomic E-state index is 9.06. The van der Waals surface area contributed by atoms with Gasteiger partial charge in [0.05, 0.1) is 0 Å². The molecule has 1 amide bonds. The van der Waals surface area contributed by atoms with E-state index in [1.165, 1.54) is 25.9 Å². The fraction of sp³-hybridized carbons (Fsp3) is 0.889. The minimum atomic E-state index is 0.625. The van der Waals surface area contributed by atoms with E-state index < -0.39 is 0 Å². The fourth-order valence-corrected chi connectivity index (χ4v) is 1.14. The fourth-order valence-electron chi connectivity index (χ4n) is 1.14. The van der Waals surface area contributed by atoms with Crippen LogP contribution in [0.25, 0.3) is 0 Å². The normalized spacial score (nSPS) is 19.2. The molecule has 1 N–H and O–H groups in total. The van der Waals surface area contributed by atoms with Crippen LogP contribution >= 0.6 is 0 Å². The van der Waals surface area contributed by atoms with Gasteiger partial charge in [0.1, 0.15) is 0 Å². The second-order valence-electron chi connectivity index (χ2n) is 3.39. The Morgan fingerprint density at radius 2 is 1.83 bits per heavy atom. The van der Waals surface area contributed by atoms with Crippen LogP contribution in [0.5, 0.6) is 0 Å². The zero-order valence-corrected chi connectivity index (χ0v) is 8.34. The molecule has 0 radical (unpaired) electrons. The van der Waals surface area contributed by atoms with Crippen molar-refractivity contribution < 1.29 is 4.79 Å². The van der Waals surface area contributed by atoms with E-state index in [0.29, 0.717) is 6.41 Å². The predicted octanol–water partition coefficient (Wildman–Crippen LogP) is 0.710. The van der Waals surface area contributed by atoms with Crippen LogP contribution in [0.4, 0.5) is 0 Å². The Labute approximate surface area is 75.1 Å². The van der Waals surface area contributed by atoms with Crippen LogP contribution in [-0.2, 0) is 4.79 Å². The minimum absolute atomic E-state index is 0.625. The topological polar surface area (TPSA) is 32.3 Å². The van der Waals surface area contributed by atoms with E-state index in [2.05, 4.69) is 24.2 Å². The lowest BCUT2D eigenvalue weighted by atomic mass is 10.00. The predicted molar refractivity (Wildman–Crippen MR) is 51.0 cm³/mol. The molecule has 0 saturated carbocycles. The molecule has 0 aromatic carbocycles. The van der Waals surface area contributed by atoms with E-state index in [1.54, 1.807) is 7.05 Å². The molecule has 0 spiro atoms. The molecular formula is C9H20N2O. The van der Waals surface area contributed by atoms with Crippen LogP contribution in [0.2, 0.25) is 0 Å². The number of amides is 1. The maximum Gasteiger partial charge on any atom is 0.206 e. The van der Waals surface area contributed by atoms with Gasteiger partial charge in [-0.3, -0.25) is 4.79 Å². The lowest BCUT2D eigenvalue weighted by Gasteiger charge is -2.26.